The van der Waals surface area contributed by atoms with Gasteiger partial charge < -0.3 is 5.32 Å². The van der Waals surface area contributed by atoms with Crippen molar-refractivity contribution in [1.82, 2.24) is 0 Å². The summed E-state index contributed by atoms with van der Waals surface area (Å²) in [6.07, 6.45) is 0.925. The number of benzene rings is 2. The van der Waals surface area contributed by atoms with Gasteiger partial charge in [-0.1, -0.05) is 91.8 Å². The summed E-state index contributed by atoms with van der Waals surface area (Å²) in [5.41, 5.74) is 9.18. The molecule has 0 heterocycles. The molecule has 0 bridgehead atoms. The summed E-state index contributed by atoms with van der Waals surface area (Å²) in [6, 6.07) is 13.7. The predicted molar refractivity (Wildman–Crippen MR) is 140 cm³/mol. The Labute approximate surface area is 191 Å². The van der Waals surface area contributed by atoms with Gasteiger partial charge in [-0.2, -0.15) is 0 Å². The zero-order valence-electron chi connectivity index (χ0n) is 21.5. The van der Waals surface area contributed by atoms with E-state index in [1.54, 1.807) is 0 Å². The van der Waals surface area contributed by atoms with Crippen LogP contribution in [0.4, 0.5) is 11.4 Å². The molecule has 1 N–H and O–H groups in total. The monoisotopic (exact) mass is 420 g/mol. The highest BCUT2D eigenvalue weighted by Crippen LogP contribution is 2.36. The molecule has 2 aromatic carbocycles. The van der Waals surface area contributed by atoms with Gasteiger partial charge in [0.2, 0.25) is 0 Å². The maximum atomic E-state index is 5.17. The summed E-state index contributed by atoms with van der Waals surface area (Å²) in [4.78, 5) is 5.17. The van der Waals surface area contributed by atoms with E-state index in [0.717, 1.165) is 6.42 Å². The lowest BCUT2D eigenvalue weighted by Crippen LogP contribution is -2.21. The summed E-state index contributed by atoms with van der Waals surface area (Å²) < 4.78 is 0. The van der Waals surface area contributed by atoms with Crippen molar-refractivity contribution < 1.29 is 0 Å². The standard InChI is InChI=1S/C29H44N2/c1-18(2)24-13-11-14-25(19(3)4)28(24)30-22(9)17-23(10)31-29-26(20(5)6)15-12-16-27(29)21(7)8/h11-16,18-22,30H,17H2,1-10H3. The minimum atomic E-state index is 0.315. The second-order valence-corrected chi connectivity index (χ2v) is 10.3. The van der Waals surface area contributed by atoms with E-state index >= 15 is 0 Å². The van der Waals surface area contributed by atoms with Crippen molar-refractivity contribution in [2.75, 3.05) is 5.32 Å². The lowest BCUT2D eigenvalue weighted by molar-refractivity contribution is 0.793. The third-order valence-electron chi connectivity index (χ3n) is 6.01. The molecule has 0 spiro atoms. The smallest absolute Gasteiger partial charge is 0.0698 e. The fourth-order valence-corrected chi connectivity index (χ4v) is 4.34. The van der Waals surface area contributed by atoms with Crippen LogP contribution in [0, 0.1) is 0 Å². The predicted octanol–water partition coefficient (Wildman–Crippen LogP) is 9.16. The Bertz CT molecular complexity index is 835. The lowest BCUT2D eigenvalue weighted by atomic mass is 9.92. The molecule has 0 aromatic heterocycles. The van der Waals surface area contributed by atoms with Crippen molar-refractivity contribution in [3.63, 3.8) is 0 Å². The van der Waals surface area contributed by atoms with Crippen molar-refractivity contribution in [2.24, 2.45) is 4.99 Å². The summed E-state index contributed by atoms with van der Waals surface area (Å²) in [5, 5.41) is 3.85. The molecule has 2 heteroatoms. The average molecular weight is 421 g/mol. The van der Waals surface area contributed by atoms with Gasteiger partial charge in [0.1, 0.15) is 0 Å². The lowest BCUT2D eigenvalue weighted by Gasteiger charge is -2.24. The van der Waals surface area contributed by atoms with Crippen LogP contribution in [0.5, 0.6) is 0 Å². The average Bonchev–Trinajstić information content (AvgIpc) is 2.67. The Balaban J connectivity index is 2.33. The van der Waals surface area contributed by atoms with Crippen molar-refractivity contribution in [3.8, 4) is 0 Å². The van der Waals surface area contributed by atoms with E-state index in [-0.39, 0.29) is 0 Å². The fourth-order valence-electron chi connectivity index (χ4n) is 4.34. The zero-order valence-corrected chi connectivity index (χ0v) is 21.5. The molecule has 0 radical (unpaired) electrons. The Morgan fingerprint density at radius 1 is 0.677 bits per heavy atom. The van der Waals surface area contributed by atoms with E-state index in [9.17, 15) is 0 Å². The van der Waals surface area contributed by atoms with E-state index in [4.69, 9.17) is 4.99 Å². The first-order valence-electron chi connectivity index (χ1n) is 12.1. The van der Waals surface area contributed by atoms with Gasteiger partial charge in [-0.25, -0.2) is 0 Å². The maximum Gasteiger partial charge on any atom is 0.0698 e. The molecule has 31 heavy (non-hydrogen) atoms. The van der Waals surface area contributed by atoms with Gasteiger partial charge in [0.05, 0.1) is 5.69 Å². The van der Waals surface area contributed by atoms with E-state index in [0.29, 0.717) is 29.7 Å². The Kier molecular flexibility index (Phi) is 8.91. The van der Waals surface area contributed by atoms with E-state index in [2.05, 4.69) is 111 Å². The molecule has 1 unspecified atom stereocenters. The molecule has 170 valence electrons. The number of para-hydroxylation sites is 2. The number of aliphatic imine (C=N–C) groups is 1. The molecule has 0 aliphatic rings. The summed E-state index contributed by atoms with van der Waals surface area (Å²) in [6.45, 7) is 22.6. The number of nitrogens with one attached hydrogen (secondary N) is 1. The number of nitrogens with zero attached hydrogens (tertiary/aromatic N) is 1. The van der Waals surface area contributed by atoms with Crippen LogP contribution in [0.3, 0.4) is 0 Å². The van der Waals surface area contributed by atoms with Gasteiger partial charge in [-0.05, 0) is 59.8 Å². The van der Waals surface area contributed by atoms with E-state index < -0.39 is 0 Å². The first kappa shape index (κ1) is 25.2. The van der Waals surface area contributed by atoms with Gasteiger partial charge in [0.25, 0.3) is 0 Å². The number of hydrogen-bond acceptors (Lipinski definition) is 2. The normalized spacial score (nSPS) is 13.5. The fraction of sp³-hybridized carbons (Fsp3) is 0.552. The Hall–Kier alpha value is -2.09. The molecule has 1 atom stereocenters. The third-order valence-corrected chi connectivity index (χ3v) is 6.01. The van der Waals surface area contributed by atoms with Crippen molar-refractivity contribution in [2.45, 2.75) is 105 Å². The minimum absolute atomic E-state index is 0.315. The number of anilines is 1. The van der Waals surface area contributed by atoms with Crippen LogP contribution in [0.15, 0.2) is 41.4 Å². The highest BCUT2D eigenvalue weighted by Gasteiger charge is 2.17. The van der Waals surface area contributed by atoms with Crippen molar-refractivity contribution in [3.05, 3.63) is 58.7 Å². The van der Waals surface area contributed by atoms with Gasteiger partial charge in [0, 0.05) is 23.9 Å². The molecule has 2 aromatic rings. The van der Waals surface area contributed by atoms with Crippen LogP contribution in [0.2, 0.25) is 0 Å². The quantitative estimate of drug-likeness (QED) is 0.402. The van der Waals surface area contributed by atoms with Crippen molar-refractivity contribution >= 4 is 17.1 Å². The van der Waals surface area contributed by atoms with Crippen LogP contribution in [-0.4, -0.2) is 11.8 Å². The number of rotatable bonds is 9. The molecular formula is C29H44N2. The second kappa shape index (κ2) is 11.0. The van der Waals surface area contributed by atoms with Crippen LogP contribution >= 0.6 is 0 Å². The van der Waals surface area contributed by atoms with Crippen LogP contribution in [0.1, 0.15) is 122 Å². The Morgan fingerprint density at radius 3 is 1.45 bits per heavy atom. The summed E-state index contributed by atoms with van der Waals surface area (Å²) in [5.74, 6) is 1.92. The van der Waals surface area contributed by atoms with Crippen molar-refractivity contribution in [1.29, 1.82) is 0 Å². The van der Waals surface area contributed by atoms with Crippen LogP contribution in [0.25, 0.3) is 0 Å². The van der Waals surface area contributed by atoms with Crippen LogP contribution < -0.4 is 5.32 Å². The largest absolute Gasteiger partial charge is 0.382 e. The molecule has 0 fully saturated rings. The molecule has 0 aliphatic carbocycles. The zero-order chi connectivity index (χ0) is 23.3. The van der Waals surface area contributed by atoms with E-state index in [1.165, 1.54) is 39.3 Å². The second-order valence-electron chi connectivity index (χ2n) is 10.3. The Morgan fingerprint density at radius 2 is 1.06 bits per heavy atom. The minimum Gasteiger partial charge on any atom is -0.382 e. The summed E-state index contributed by atoms with van der Waals surface area (Å²) in [7, 11) is 0. The highest BCUT2D eigenvalue weighted by atomic mass is 14.9. The summed E-state index contributed by atoms with van der Waals surface area (Å²) >= 11 is 0. The first-order valence-corrected chi connectivity index (χ1v) is 12.1. The molecule has 0 saturated heterocycles. The maximum absolute atomic E-state index is 5.17. The van der Waals surface area contributed by atoms with E-state index in [1.807, 2.05) is 0 Å². The molecular weight excluding hydrogens is 376 g/mol. The molecule has 0 saturated carbocycles. The molecule has 2 rings (SSSR count). The highest BCUT2D eigenvalue weighted by molar-refractivity contribution is 5.86. The van der Waals surface area contributed by atoms with Gasteiger partial charge in [0.15, 0.2) is 0 Å². The topological polar surface area (TPSA) is 24.4 Å². The molecule has 2 nitrogen and oxygen atoms in total. The molecule has 0 amide bonds. The number of hydrogen-bond donors (Lipinski definition) is 1. The van der Waals surface area contributed by atoms with Gasteiger partial charge in [-0.15, -0.1) is 0 Å². The van der Waals surface area contributed by atoms with Gasteiger partial charge in [-0.3, -0.25) is 4.99 Å². The van der Waals surface area contributed by atoms with Gasteiger partial charge >= 0.3 is 0 Å². The SMILES string of the molecule is CC(CC(C)Nc1c(C(C)C)cccc1C(C)C)=Nc1c(C(C)C)cccc1C(C)C. The third kappa shape index (κ3) is 6.45. The first-order chi connectivity index (χ1) is 14.5. The molecule has 0 aliphatic heterocycles. The van der Waals surface area contributed by atoms with Crippen LogP contribution in [-0.2, 0) is 0 Å².